The standard InChI is InChI=1S/C19H28N2O5S/c1-23-16-4-3-5-17(24-2)18(16)26-19(22)15(21-8-12-27-13-9-21)14-20-6-10-25-11-7-20/h3-5,15H,6-14H2,1-2H3. The molecule has 1 atom stereocenters. The molecule has 1 aromatic rings. The van der Waals surface area contributed by atoms with Crippen molar-refractivity contribution in [3.05, 3.63) is 18.2 Å². The summed E-state index contributed by atoms with van der Waals surface area (Å²) in [6.45, 7) is 5.50. The average Bonchev–Trinajstić information content (AvgIpc) is 2.73. The zero-order valence-electron chi connectivity index (χ0n) is 16.0. The van der Waals surface area contributed by atoms with Crippen LogP contribution in [-0.2, 0) is 9.53 Å². The van der Waals surface area contributed by atoms with Crippen LogP contribution in [0.4, 0.5) is 0 Å². The van der Waals surface area contributed by atoms with E-state index in [0.29, 0.717) is 37.0 Å². The number of thioether (sulfide) groups is 1. The molecule has 0 spiro atoms. The van der Waals surface area contributed by atoms with E-state index in [0.717, 1.165) is 37.7 Å². The molecule has 2 aliphatic rings. The first-order valence-corrected chi connectivity index (χ1v) is 10.4. The summed E-state index contributed by atoms with van der Waals surface area (Å²) in [5.41, 5.74) is 0. The van der Waals surface area contributed by atoms with Gasteiger partial charge in [0.15, 0.2) is 11.5 Å². The number of hydrogen-bond donors (Lipinski definition) is 0. The second-order valence-electron chi connectivity index (χ2n) is 6.49. The molecule has 0 aromatic heterocycles. The lowest BCUT2D eigenvalue weighted by Crippen LogP contribution is -2.54. The van der Waals surface area contributed by atoms with Gasteiger partial charge in [0.1, 0.15) is 6.04 Å². The molecule has 0 bridgehead atoms. The molecule has 0 saturated carbocycles. The highest BCUT2D eigenvalue weighted by Gasteiger charge is 2.32. The van der Waals surface area contributed by atoms with E-state index in [4.69, 9.17) is 18.9 Å². The second kappa shape index (κ2) is 10.2. The van der Waals surface area contributed by atoms with Gasteiger partial charge in [0.2, 0.25) is 5.75 Å². The summed E-state index contributed by atoms with van der Waals surface area (Å²) < 4.78 is 22.0. The number of hydrogen-bond acceptors (Lipinski definition) is 8. The van der Waals surface area contributed by atoms with Gasteiger partial charge in [-0.2, -0.15) is 11.8 Å². The molecule has 2 fully saturated rings. The Kier molecular flexibility index (Phi) is 7.63. The topological polar surface area (TPSA) is 60.5 Å². The largest absolute Gasteiger partial charge is 0.493 e. The molecule has 1 aromatic carbocycles. The monoisotopic (exact) mass is 396 g/mol. The van der Waals surface area contributed by atoms with Gasteiger partial charge in [-0.1, -0.05) is 6.07 Å². The quantitative estimate of drug-likeness (QED) is 0.506. The average molecular weight is 397 g/mol. The normalized spacial score (nSPS) is 20.1. The van der Waals surface area contributed by atoms with E-state index < -0.39 is 0 Å². The maximum atomic E-state index is 13.2. The molecule has 0 amide bonds. The highest BCUT2D eigenvalue weighted by molar-refractivity contribution is 7.99. The number of rotatable bonds is 7. The number of methoxy groups -OCH3 is 2. The minimum atomic E-state index is -0.321. The number of benzene rings is 1. The summed E-state index contributed by atoms with van der Waals surface area (Å²) in [4.78, 5) is 17.7. The Morgan fingerprint density at radius 1 is 1.11 bits per heavy atom. The first kappa shape index (κ1) is 20.3. The van der Waals surface area contributed by atoms with Crippen LogP contribution in [0, 0.1) is 0 Å². The smallest absolute Gasteiger partial charge is 0.330 e. The SMILES string of the molecule is COc1cccc(OC)c1OC(=O)C(CN1CCOCC1)N1CCSCC1. The zero-order chi connectivity index (χ0) is 19.1. The van der Waals surface area contributed by atoms with Crippen LogP contribution in [0.15, 0.2) is 18.2 Å². The lowest BCUT2D eigenvalue weighted by atomic mass is 10.2. The summed E-state index contributed by atoms with van der Waals surface area (Å²) in [6, 6.07) is 5.01. The van der Waals surface area contributed by atoms with E-state index in [1.807, 2.05) is 17.8 Å². The van der Waals surface area contributed by atoms with Crippen LogP contribution < -0.4 is 14.2 Å². The van der Waals surface area contributed by atoms with Crippen LogP contribution in [0.25, 0.3) is 0 Å². The number of nitrogens with zero attached hydrogens (tertiary/aromatic N) is 2. The minimum Gasteiger partial charge on any atom is -0.493 e. The molecule has 27 heavy (non-hydrogen) atoms. The van der Waals surface area contributed by atoms with Crippen molar-refractivity contribution in [2.75, 3.05) is 71.7 Å². The van der Waals surface area contributed by atoms with Crippen molar-refractivity contribution in [1.82, 2.24) is 9.80 Å². The van der Waals surface area contributed by atoms with Gasteiger partial charge in [0, 0.05) is 44.2 Å². The van der Waals surface area contributed by atoms with Crippen molar-refractivity contribution in [1.29, 1.82) is 0 Å². The molecule has 2 heterocycles. The number of carbonyl (C=O) groups excluding carboxylic acids is 1. The molecular formula is C19H28N2O5S. The highest BCUT2D eigenvalue weighted by atomic mass is 32.2. The molecule has 2 aliphatic heterocycles. The van der Waals surface area contributed by atoms with E-state index in [9.17, 15) is 4.79 Å². The Balaban J connectivity index is 1.77. The number of carbonyl (C=O) groups is 1. The summed E-state index contributed by atoms with van der Waals surface area (Å²) in [7, 11) is 3.11. The molecule has 0 radical (unpaired) electrons. The van der Waals surface area contributed by atoms with Crippen LogP contribution in [0.1, 0.15) is 0 Å². The Bertz CT molecular complexity index is 596. The Morgan fingerprint density at radius 2 is 1.74 bits per heavy atom. The fraction of sp³-hybridized carbons (Fsp3) is 0.632. The molecular weight excluding hydrogens is 368 g/mol. The predicted octanol–water partition coefficient (Wildman–Crippen LogP) is 1.36. The molecule has 8 heteroatoms. The van der Waals surface area contributed by atoms with Crippen LogP contribution >= 0.6 is 11.8 Å². The molecule has 0 N–H and O–H groups in total. The maximum absolute atomic E-state index is 13.2. The van der Waals surface area contributed by atoms with Gasteiger partial charge in [0.05, 0.1) is 27.4 Å². The van der Waals surface area contributed by atoms with Crippen molar-refractivity contribution < 1.29 is 23.7 Å². The third-order valence-corrected chi connectivity index (χ3v) is 5.82. The maximum Gasteiger partial charge on any atom is 0.330 e. The molecule has 7 nitrogen and oxygen atoms in total. The third kappa shape index (κ3) is 5.28. The number of esters is 1. The summed E-state index contributed by atoms with van der Waals surface area (Å²) in [6.07, 6.45) is 0. The Labute approximate surface area is 164 Å². The molecule has 150 valence electrons. The van der Waals surface area contributed by atoms with Gasteiger partial charge in [-0.3, -0.25) is 9.80 Å². The first-order valence-electron chi connectivity index (χ1n) is 9.27. The fourth-order valence-corrected chi connectivity index (χ4v) is 4.27. The van der Waals surface area contributed by atoms with Crippen molar-refractivity contribution in [3.8, 4) is 17.2 Å². The van der Waals surface area contributed by atoms with Gasteiger partial charge in [0.25, 0.3) is 0 Å². The Hall–Kier alpha value is -1.48. The van der Waals surface area contributed by atoms with E-state index in [1.165, 1.54) is 0 Å². The van der Waals surface area contributed by atoms with Gasteiger partial charge in [-0.25, -0.2) is 4.79 Å². The third-order valence-electron chi connectivity index (χ3n) is 4.88. The zero-order valence-corrected chi connectivity index (χ0v) is 16.8. The molecule has 2 saturated heterocycles. The highest BCUT2D eigenvalue weighted by Crippen LogP contribution is 2.37. The van der Waals surface area contributed by atoms with E-state index in [-0.39, 0.29) is 12.0 Å². The fourth-order valence-electron chi connectivity index (χ4n) is 3.34. The van der Waals surface area contributed by atoms with Crippen LogP contribution in [0.5, 0.6) is 17.2 Å². The lowest BCUT2D eigenvalue weighted by Gasteiger charge is -2.37. The summed E-state index contributed by atoms with van der Waals surface area (Å²) in [5, 5.41) is 0. The lowest BCUT2D eigenvalue weighted by molar-refractivity contribution is -0.141. The predicted molar refractivity (Wildman–Crippen MR) is 105 cm³/mol. The van der Waals surface area contributed by atoms with E-state index >= 15 is 0 Å². The second-order valence-corrected chi connectivity index (χ2v) is 7.71. The number of para-hydroxylation sites is 1. The molecule has 1 unspecified atom stereocenters. The van der Waals surface area contributed by atoms with Gasteiger partial charge >= 0.3 is 5.97 Å². The van der Waals surface area contributed by atoms with Gasteiger partial charge in [-0.05, 0) is 12.1 Å². The Morgan fingerprint density at radius 3 is 2.33 bits per heavy atom. The van der Waals surface area contributed by atoms with Crippen molar-refractivity contribution in [3.63, 3.8) is 0 Å². The van der Waals surface area contributed by atoms with Gasteiger partial charge < -0.3 is 18.9 Å². The van der Waals surface area contributed by atoms with E-state index in [2.05, 4.69) is 9.80 Å². The first-order chi connectivity index (χ1) is 13.2. The summed E-state index contributed by atoms with van der Waals surface area (Å²) in [5.74, 6) is 3.11. The van der Waals surface area contributed by atoms with Crippen molar-refractivity contribution in [2.24, 2.45) is 0 Å². The van der Waals surface area contributed by atoms with E-state index in [1.54, 1.807) is 26.4 Å². The van der Waals surface area contributed by atoms with Crippen LogP contribution in [0.2, 0.25) is 0 Å². The molecule has 0 aliphatic carbocycles. The number of ether oxygens (including phenoxy) is 4. The van der Waals surface area contributed by atoms with Gasteiger partial charge in [-0.15, -0.1) is 0 Å². The minimum absolute atomic E-state index is 0.267. The molecule has 3 rings (SSSR count). The van der Waals surface area contributed by atoms with Crippen molar-refractivity contribution >= 4 is 17.7 Å². The van der Waals surface area contributed by atoms with Crippen LogP contribution in [0.3, 0.4) is 0 Å². The van der Waals surface area contributed by atoms with Crippen molar-refractivity contribution in [2.45, 2.75) is 6.04 Å². The summed E-state index contributed by atoms with van der Waals surface area (Å²) >= 11 is 1.92. The van der Waals surface area contributed by atoms with Crippen LogP contribution in [-0.4, -0.2) is 93.5 Å². The number of morpholine rings is 1.